The highest BCUT2D eigenvalue weighted by Gasteiger charge is 2.24. The van der Waals surface area contributed by atoms with E-state index >= 15 is 0 Å². The van der Waals surface area contributed by atoms with Crippen molar-refractivity contribution in [3.05, 3.63) is 35.4 Å². The standard InChI is InChI=1S/C15H20N2OS.ClH/c18-15(9-14-10-19-6-5-16-14)17-13-7-11-3-1-2-4-12(11)8-13;/h1-4,13-14,16H,5-10H2,(H,17,18);1H. The highest BCUT2D eigenvalue weighted by Crippen LogP contribution is 2.21. The molecule has 2 aliphatic rings. The molecule has 5 heteroatoms. The molecule has 1 heterocycles. The quantitative estimate of drug-likeness (QED) is 0.894. The molecule has 1 fully saturated rings. The van der Waals surface area contributed by atoms with Crippen LogP contribution in [0.3, 0.4) is 0 Å². The summed E-state index contributed by atoms with van der Waals surface area (Å²) in [6.45, 7) is 1.03. The fourth-order valence-electron chi connectivity index (χ4n) is 2.92. The number of rotatable bonds is 3. The number of nitrogens with one attached hydrogen (secondary N) is 2. The van der Waals surface area contributed by atoms with Crippen molar-refractivity contribution in [1.29, 1.82) is 0 Å². The first-order chi connectivity index (χ1) is 9.31. The smallest absolute Gasteiger partial charge is 0.221 e. The zero-order valence-electron chi connectivity index (χ0n) is 11.4. The van der Waals surface area contributed by atoms with E-state index in [1.807, 2.05) is 11.8 Å². The Labute approximate surface area is 130 Å². The van der Waals surface area contributed by atoms with E-state index in [-0.39, 0.29) is 18.3 Å². The molecule has 1 aromatic carbocycles. The molecule has 1 atom stereocenters. The summed E-state index contributed by atoms with van der Waals surface area (Å²) in [6.07, 6.45) is 2.57. The van der Waals surface area contributed by atoms with Gasteiger partial charge in [-0.3, -0.25) is 4.79 Å². The molecule has 0 bridgehead atoms. The molecule has 3 nitrogen and oxygen atoms in total. The van der Waals surface area contributed by atoms with Crippen LogP contribution in [0.5, 0.6) is 0 Å². The van der Waals surface area contributed by atoms with Crippen LogP contribution in [-0.4, -0.2) is 36.0 Å². The second-order valence-electron chi connectivity index (χ2n) is 5.37. The van der Waals surface area contributed by atoms with Gasteiger partial charge in [-0.2, -0.15) is 11.8 Å². The monoisotopic (exact) mass is 312 g/mol. The molecule has 0 radical (unpaired) electrons. The van der Waals surface area contributed by atoms with Gasteiger partial charge in [-0.15, -0.1) is 12.4 Å². The maximum Gasteiger partial charge on any atom is 0.221 e. The van der Waals surface area contributed by atoms with Crippen LogP contribution in [0.1, 0.15) is 17.5 Å². The number of halogens is 1. The summed E-state index contributed by atoms with van der Waals surface area (Å²) in [4.78, 5) is 12.1. The number of thioether (sulfide) groups is 1. The summed E-state index contributed by atoms with van der Waals surface area (Å²) in [5.74, 6) is 2.41. The third-order valence-electron chi connectivity index (χ3n) is 3.85. The number of carbonyl (C=O) groups excluding carboxylic acids is 1. The van der Waals surface area contributed by atoms with Crippen LogP contribution >= 0.6 is 24.2 Å². The van der Waals surface area contributed by atoms with Crippen LogP contribution in [0.4, 0.5) is 0 Å². The lowest BCUT2D eigenvalue weighted by molar-refractivity contribution is -0.122. The van der Waals surface area contributed by atoms with Crippen molar-refractivity contribution < 1.29 is 4.79 Å². The van der Waals surface area contributed by atoms with E-state index in [4.69, 9.17) is 0 Å². The first kappa shape index (κ1) is 15.7. The van der Waals surface area contributed by atoms with Crippen molar-refractivity contribution >= 4 is 30.1 Å². The van der Waals surface area contributed by atoms with Gasteiger partial charge < -0.3 is 10.6 Å². The minimum Gasteiger partial charge on any atom is -0.353 e. The summed E-state index contributed by atoms with van der Waals surface area (Å²) >= 11 is 1.94. The molecule has 1 amide bonds. The number of benzene rings is 1. The number of amides is 1. The van der Waals surface area contributed by atoms with Gasteiger partial charge >= 0.3 is 0 Å². The van der Waals surface area contributed by atoms with Crippen molar-refractivity contribution in [2.45, 2.75) is 31.3 Å². The number of fused-ring (bicyclic) bond motifs is 1. The van der Waals surface area contributed by atoms with Crippen molar-refractivity contribution in [2.24, 2.45) is 0 Å². The van der Waals surface area contributed by atoms with Crippen LogP contribution < -0.4 is 10.6 Å². The van der Waals surface area contributed by atoms with E-state index < -0.39 is 0 Å². The van der Waals surface area contributed by atoms with Gasteiger partial charge in [-0.25, -0.2) is 0 Å². The molecule has 110 valence electrons. The molecule has 1 unspecified atom stereocenters. The Balaban J connectivity index is 0.00000147. The molecule has 0 aromatic heterocycles. The average Bonchev–Trinajstić information content (AvgIpc) is 2.81. The minimum atomic E-state index is 0. The fraction of sp³-hybridized carbons (Fsp3) is 0.533. The van der Waals surface area contributed by atoms with Crippen LogP contribution in [0.2, 0.25) is 0 Å². The predicted molar refractivity (Wildman–Crippen MR) is 86.8 cm³/mol. The highest BCUT2D eigenvalue weighted by molar-refractivity contribution is 7.99. The maximum atomic E-state index is 12.1. The van der Waals surface area contributed by atoms with Gasteiger partial charge in [0.2, 0.25) is 5.91 Å². The van der Waals surface area contributed by atoms with E-state index in [1.165, 1.54) is 11.1 Å². The van der Waals surface area contributed by atoms with E-state index in [0.29, 0.717) is 18.5 Å². The third-order valence-corrected chi connectivity index (χ3v) is 4.98. The molecule has 3 rings (SSSR count). The first-order valence-corrected chi connectivity index (χ1v) is 8.14. The molecule has 1 aliphatic carbocycles. The van der Waals surface area contributed by atoms with Crippen LogP contribution in [0, 0.1) is 0 Å². The topological polar surface area (TPSA) is 41.1 Å². The van der Waals surface area contributed by atoms with Gasteiger partial charge in [0.05, 0.1) is 0 Å². The molecule has 20 heavy (non-hydrogen) atoms. The van der Waals surface area contributed by atoms with Gasteiger partial charge in [0.15, 0.2) is 0 Å². The second-order valence-corrected chi connectivity index (χ2v) is 6.52. The summed E-state index contributed by atoms with van der Waals surface area (Å²) in [5, 5.41) is 6.60. The zero-order valence-corrected chi connectivity index (χ0v) is 13.1. The summed E-state index contributed by atoms with van der Waals surface area (Å²) < 4.78 is 0. The van der Waals surface area contributed by atoms with Crippen molar-refractivity contribution in [1.82, 2.24) is 10.6 Å². The summed E-state index contributed by atoms with van der Waals surface area (Å²) in [7, 11) is 0. The van der Waals surface area contributed by atoms with Gasteiger partial charge in [-0.05, 0) is 24.0 Å². The Morgan fingerprint density at radius 1 is 1.30 bits per heavy atom. The number of hydrogen-bond acceptors (Lipinski definition) is 3. The van der Waals surface area contributed by atoms with Crippen molar-refractivity contribution in [3.8, 4) is 0 Å². The lowest BCUT2D eigenvalue weighted by Crippen LogP contribution is -2.43. The molecular formula is C15H21ClN2OS. The zero-order chi connectivity index (χ0) is 13.1. The SMILES string of the molecule is Cl.O=C(CC1CSCCN1)NC1Cc2ccccc2C1. The molecule has 1 saturated heterocycles. The lowest BCUT2D eigenvalue weighted by atomic mass is 10.1. The normalized spacial score (nSPS) is 21.9. The van der Waals surface area contributed by atoms with Crippen molar-refractivity contribution in [2.75, 3.05) is 18.1 Å². The van der Waals surface area contributed by atoms with Crippen LogP contribution in [0.25, 0.3) is 0 Å². The minimum absolute atomic E-state index is 0. The van der Waals surface area contributed by atoms with E-state index in [1.54, 1.807) is 0 Å². The molecular weight excluding hydrogens is 292 g/mol. The van der Waals surface area contributed by atoms with E-state index in [9.17, 15) is 4.79 Å². The first-order valence-electron chi connectivity index (χ1n) is 6.98. The molecule has 0 saturated carbocycles. The number of carbonyl (C=O) groups is 1. The van der Waals surface area contributed by atoms with Gasteiger partial charge in [0.1, 0.15) is 0 Å². The number of hydrogen-bond donors (Lipinski definition) is 2. The van der Waals surface area contributed by atoms with E-state index in [0.717, 1.165) is 30.9 Å². The summed E-state index contributed by atoms with van der Waals surface area (Å²) in [6, 6.07) is 9.13. The Hall–Kier alpha value is -0.710. The van der Waals surface area contributed by atoms with Crippen LogP contribution in [-0.2, 0) is 17.6 Å². The maximum absolute atomic E-state index is 12.1. The largest absolute Gasteiger partial charge is 0.353 e. The molecule has 1 aliphatic heterocycles. The van der Waals surface area contributed by atoms with Gasteiger partial charge in [0.25, 0.3) is 0 Å². The molecule has 1 aromatic rings. The average molecular weight is 313 g/mol. The molecule has 2 N–H and O–H groups in total. The second kappa shape index (κ2) is 7.34. The lowest BCUT2D eigenvalue weighted by Gasteiger charge is -2.23. The Morgan fingerprint density at radius 3 is 2.60 bits per heavy atom. The van der Waals surface area contributed by atoms with E-state index in [2.05, 4.69) is 34.9 Å². The predicted octanol–water partition coefficient (Wildman–Crippen LogP) is 1.79. The Morgan fingerprint density at radius 2 is 2.00 bits per heavy atom. The van der Waals surface area contributed by atoms with Gasteiger partial charge in [-0.1, -0.05) is 24.3 Å². The Bertz CT molecular complexity index is 438. The molecule has 0 spiro atoms. The Kier molecular flexibility index (Phi) is 5.75. The van der Waals surface area contributed by atoms with Crippen molar-refractivity contribution in [3.63, 3.8) is 0 Å². The highest BCUT2D eigenvalue weighted by atomic mass is 35.5. The van der Waals surface area contributed by atoms with Gasteiger partial charge in [0, 0.05) is 36.6 Å². The summed E-state index contributed by atoms with van der Waals surface area (Å²) in [5.41, 5.74) is 2.78. The van der Waals surface area contributed by atoms with Crippen LogP contribution in [0.15, 0.2) is 24.3 Å². The fourth-order valence-corrected chi connectivity index (χ4v) is 3.87. The third kappa shape index (κ3) is 3.90.